The molecule has 2 aromatic rings. The molecule has 0 bridgehead atoms. The number of aromatic nitrogens is 1. The zero-order chi connectivity index (χ0) is 20.1. The second-order valence-corrected chi connectivity index (χ2v) is 6.72. The summed E-state index contributed by atoms with van der Waals surface area (Å²) >= 11 is 0.748. The van der Waals surface area contributed by atoms with Gasteiger partial charge in [-0.1, -0.05) is 12.1 Å². The SMILES string of the molecule is Cc1ccc(COc2nsc(NC(=O)NCC(C)O)c2C(=O)O)c(C)c1F. The minimum atomic E-state index is -1.32. The van der Waals surface area contributed by atoms with E-state index < -0.39 is 18.1 Å². The molecule has 10 heteroatoms. The van der Waals surface area contributed by atoms with E-state index in [2.05, 4.69) is 15.0 Å². The first-order chi connectivity index (χ1) is 12.7. The number of carbonyl (C=O) groups is 2. The smallest absolute Gasteiger partial charge is 0.344 e. The van der Waals surface area contributed by atoms with Crippen molar-refractivity contribution >= 4 is 28.5 Å². The number of amides is 2. The van der Waals surface area contributed by atoms with Crippen molar-refractivity contribution in [3.8, 4) is 5.88 Å². The van der Waals surface area contributed by atoms with Gasteiger partial charge in [-0.2, -0.15) is 4.37 Å². The van der Waals surface area contributed by atoms with E-state index in [0.717, 1.165) is 11.5 Å². The Morgan fingerprint density at radius 2 is 2.07 bits per heavy atom. The standard InChI is InChI=1S/C17H20FN3O5S/c1-8-4-5-11(10(3)13(8)18)7-26-14-12(16(23)24)15(27-21-14)20-17(25)19-6-9(2)22/h4-5,9,22H,6-7H2,1-3H3,(H,23,24)(H2,19,20,25). The maximum Gasteiger partial charge on any atom is 0.344 e. The Morgan fingerprint density at radius 3 is 2.70 bits per heavy atom. The summed E-state index contributed by atoms with van der Waals surface area (Å²) in [5, 5.41) is 23.3. The topological polar surface area (TPSA) is 121 Å². The zero-order valence-electron chi connectivity index (χ0n) is 15.0. The lowest BCUT2D eigenvalue weighted by atomic mass is 10.1. The Balaban J connectivity index is 2.14. The van der Waals surface area contributed by atoms with Gasteiger partial charge in [0.05, 0.1) is 6.10 Å². The Labute approximate surface area is 159 Å². The van der Waals surface area contributed by atoms with E-state index in [1.807, 2.05) is 0 Å². The fourth-order valence-electron chi connectivity index (χ4n) is 2.20. The van der Waals surface area contributed by atoms with E-state index in [-0.39, 0.29) is 35.4 Å². The summed E-state index contributed by atoms with van der Waals surface area (Å²) in [5.41, 5.74) is 1.19. The van der Waals surface area contributed by atoms with Crippen molar-refractivity contribution in [1.29, 1.82) is 0 Å². The number of anilines is 1. The van der Waals surface area contributed by atoms with Gasteiger partial charge in [0.15, 0.2) is 5.56 Å². The van der Waals surface area contributed by atoms with Crippen LogP contribution in [0.5, 0.6) is 5.88 Å². The molecule has 1 aromatic heterocycles. The number of hydrogen-bond donors (Lipinski definition) is 4. The van der Waals surface area contributed by atoms with Crippen LogP contribution in [0.1, 0.15) is 34.0 Å². The number of carboxylic acid groups (broad SMARTS) is 1. The summed E-state index contributed by atoms with van der Waals surface area (Å²) in [6, 6.07) is 2.63. The average molecular weight is 397 g/mol. The first kappa shape index (κ1) is 20.6. The van der Waals surface area contributed by atoms with Crippen molar-refractivity contribution in [3.63, 3.8) is 0 Å². The van der Waals surface area contributed by atoms with Gasteiger partial charge in [-0.25, -0.2) is 14.0 Å². The molecule has 1 heterocycles. The molecule has 0 spiro atoms. The van der Waals surface area contributed by atoms with Crippen LogP contribution in [0.25, 0.3) is 0 Å². The molecule has 2 amide bonds. The third kappa shape index (κ3) is 5.14. The number of aliphatic hydroxyl groups is 1. The number of hydrogen-bond acceptors (Lipinski definition) is 6. The molecule has 2 rings (SSSR count). The van der Waals surface area contributed by atoms with Crippen molar-refractivity contribution in [3.05, 3.63) is 40.2 Å². The molecule has 0 aliphatic rings. The number of carboxylic acids is 1. The Kier molecular flexibility index (Phi) is 6.70. The van der Waals surface area contributed by atoms with Crippen LogP contribution < -0.4 is 15.4 Å². The van der Waals surface area contributed by atoms with Crippen LogP contribution in [0.3, 0.4) is 0 Å². The number of benzene rings is 1. The van der Waals surface area contributed by atoms with Crippen LogP contribution in [0, 0.1) is 19.7 Å². The molecular formula is C17H20FN3O5S. The number of halogens is 1. The molecule has 8 nitrogen and oxygen atoms in total. The molecular weight excluding hydrogens is 377 g/mol. The Morgan fingerprint density at radius 1 is 1.37 bits per heavy atom. The maximum atomic E-state index is 14.0. The number of aromatic carboxylic acids is 1. The minimum absolute atomic E-state index is 0.00704. The van der Waals surface area contributed by atoms with Gasteiger partial charge >= 0.3 is 12.0 Å². The summed E-state index contributed by atoms with van der Waals surface area (Å²) in [5.74, 6) is -1.83. The summed E-state index contributed by atoms with van der Waals surface area (Å²) in [6.45, 7) is 4.70. The highest BCUT2D eigenvalue weighted by atomic mass is 32.1. The molecule has 146 valence electrons. The number of nitrogens with one attached hydrogen (secondary N) is 2. The molecule has 4 N–H and O–H groups in total. The van der Waals surface area contributed by atoms with Gasteiger partial charge < -0.3 is 20.3 Å². The molecule has 0 aliphatic carbocycles. The first-order valence-electron chi connectivity index (χ1n) is 8.04. The highest BCUT2D eigenvalue weighted by Crippen LogP contribution is 2.31. The monoisotopic (exact) mass is 397 g/mol. The van der Waals surface area contributed by atoms with Crippen LogP contribution in [0.2, 0.25) is 0 Å². The van der Waals surface area contributed by atoms with E-state index in [4.69, 9.17) is 9.84 Å². The number of ether oxygens (including phenoxy) is 1. The second kappa shape index (κ2) is 8.78. The average Bonchev–Trinajstić information content (AvgIpc) is 3.00. The Hall–Kier alpha value is -2.72. The first-order valence-corrected chi connectivity index (χ1v) is 8.81. The third-order valence-electron chi connectivity index (χ3n) is 3.72. The second-order valence-electron chi connectivity index (χ2n) is 5.95. The zero-order valence-corrected chi connectivity index (χ0v) is 15.8. The van der Waals surface area contributed by atoms with Crippen LogP contribution in [-0.4, -0.2) is 39.2 Å². The normalized spacial score (nSPS) is 11.7. The number of aliphatic hydroxyl groups excluding tert-OH is 1. The predicted octanol–water partition coefficient (Wildman–Crippen LogP) is 2.68. The molecule has 0 fully saturated rings. The number of urea groups is 1. The van der Waals surface area contributed by atoms with E-state index >= 15 is 0 Å². The lowest BCUT2D eigenvalue weighted by Crippen LogP contribution is -2.34. The van der Waals surface area contributed by atoms with E-state index in [1.165, 1.54) is 6.92 Å². The lowest BCUT2D eigenvalue weighted by Gasteiger charge is -2.10. The van der Waals surface area contributed by atoms with Gasteiger partial charge in [-0.15, -0.1) is 0 Å². The van der Waals surface area contributed by atoms with E-state index in [1.54, 1.807) is 26.0 Å². The minimum Gasteiger partial charge on any atom is -0.477 e. The van der Waals surface area contributed by atoms with Crippen molar-refractivity contribution in [2.45, 2.75) is 33.5 Å². The number of aryl methyl sites for hydroxylation is 1. The lowest BCUT2D eigenvalue weighted by molar-refractivity contribution is 0.0693. The number of nitrogens with zero attached hydrogens (tertiary/aromatic N) is 1. The summed E-state index contributed by atoms with van der Waals surface area (Å²) in [7, 11) is 0. The van der Waals surface area contributed by atoms with Gasteiger partial charge in [0.25, 0.3) is 0 Å². The summed E-state index contributed by atoms with van der Waals surface area (Å²) in [6.07, 6.45) is -0.742. The Bertz CT molecular complexity index is 853. The highest BCUT2D eigenvalue weighted by Gasteiger charge is 2.23. The third-order valence-corrected chi connectivity index (χ3v) is 4.46. The quantitative estimate of drug-likeness (QED) is 0.570. The van der Waals surface area contributed by atoms with Gasteiger partial charge in [0.2, 0.25) is 5.88 Å². The number of carbonyl (C=O) groups excluding carboxylic acids is 1. The van der Waals surface area contributed by atoms with E-state index in [9.17, 15) is 19.1 Å². The van der Waals surface area contributed by atoms with Gasteiger partial charge in [0.1, 0.15) is 17.4 Å². The molecule has 1 unspecified atom stereocenters. The summed E-state index contributed by atoms with van der Waals surface area (Å²) in [4.78, 5) is 23.3. The van der Waals surface area contributed by atoms with Crippen LogP contribution in [-0.2, 0) is 6.61 Å². The molecule has 0 saturated heterocycles. The van der Waals surface area contributed by atoms with Crippen molar-refractivity contribution < 1.29 is 28.9 Å². The predicted molar refractivity (Wildman–Crippen MR) is 98.0 cm³/mol. The largest absolute Gasteiger partial charge is 0.477 e. The van der Waals surface area contributed by atoms with Gasteiger partial charge in [-0.3, -0.25) is 5.32 Å². The number of rotatable bonds is 7. The summed E-state index contributed by atoms with van der Waals surface area (Å²) < 4.78 is 23.4. The van der Waals surface area contributed by atoms with Gasteiger partial charge in [-0.05, 0) is 49.0 Å². The molecule has 0 saturated carbocycles. The van der Waals surface area contributed by atoms with Crippen molar-refractivity contribution in [1.82, 2.24) is 9.69 Å². The molecule has 27 heavy (non-hydrogen) atoms. The molecule has 1 aromatic carbocycles. The fourth-order valence-corrected chi connectivity index (χ4v) is 2.92. The van der Waals surface area contributed by atoms with Crippen LogP contribution in [0.15, 0.2) is 12.1 Å². The van der Waals surface area contributed by atoms with Crippen molar-refractivity contribution in [2.75, 3.05) is 11.9 Å². The molecule has 1 atom stereocenters. The molecule has 0 aliphatic heterocycles. The van der Waals surface area contributed by atoms with Crippen LogP contribution >= 0.6 is 11.5 Å². The van der Waals surface area contributed by atoms with Crippen molar-refractivity contribution in [2.24, 2.45) is 0 Å². The van der Waals surface area contributed by atoms with Gasteiger partial charge in [0, 0.05) is 6.54 Å². The van der Waals surface area contributed by atoms with Crippen LogP contribution in [0.4, 0.5) is 14.2 Å². The molecule has 0 radical (unpaired) electrons. The van der Waals surface area contributed by atoms with E-state index in [0.29, 0.717) is 16.7 Å². The fraction of sp³-hybridized carbons (Fsp3) is 0.353. The maximum absolute atomic E-state index is 14.0. The highest BCUT2D eigenvalue weighted by molar-refractivity contribution is 7.11.